The molecule has 6 heteroatoms. The van der Waals surface area contributed by atoms with Crippen molar-refractivity contribution in [2.24, 2.45) is 5.73 Å². The predicted octanol–water partition coefficient (Wildman–Crippen LogP) is 1.25. The number of carbonyl (C=O) groups excluding carboxylic acids is 1. The smallest absolute Gasteiger partial charge is 0.226 e. The molecule has 1 aromatic rings. The molecule has 0 fully saturated rings. The van der Waals surface area contributed by atoms with Crippen LogP contribution in [0.4, 0.5) is 5.95 Å². The number of hydrogen-bond donors (Lipinski definition) is 2. The maximum absolute atomic E-state index is 10.6. The molecule has 0 saturated carbocycles. The lowest BCUT2D eigenvalue weighted by Gasteiger charge is -2.11. The average Bonchev–Trinajstić information content (AvgIpc) is 2.22. The van der Waals surface area contributed by atoms with Crippen molar-refractivity contribution in [3.05, 3.63) is 11.8 Å². The largest absolute Gasteiger partial charge is 0.475 e. The van der Waals surface area contributed by atoms with Crippen LogP contribution in [0.2, 0.25) is 0 Å². The number of carbonyl (C=O) groups is 1. The van der Waals surface area contributed by atoms with Gasteiger partial charge in [0.1, 0.15) is 0 Å². The van der Waals surface area contributed by atoms with Crippen LogP contribution in [0.15, 0.2) is 6.07 Å². The molecule has 0 aliphatic carbocycles. The standard InChI is InChI=1S/C12H20N4O2/c1-8(2)18-11-7-9(3)15-12(16-11)14-6-4-5-10(13)17/h7-8H,4-6H2,1-3H3,(H2,13,17)(H,14,15,16). The second-order valence-electron chi connectivity index (χ2n) is 4.33. The molecule has 0 aromatic carbocycles. The number of nitrogens with zero attached hydrogens (tertiary/aromatic N) is 2. The molecule has 6 nitrogen and oxygen atoms in total. The molecule has 0 aliphatic heterocycles. The zero-order valence-electron chi connectivity index (χ0n) is 11.1. The minimum atomic E-state index is -0.300. The van der Waals surface area contributed by atoms with E-state index < -0.39 is 0 Å². The van der Waals surface area contributed by atoms with Crippen LogP contribution in [0, 0.1) is 6.92 Å². The van der Waals surface area contributed by atoms with Crippen LogP contribution in [-0.4, -0.2) is 28.5 Å². The third-order valence-corrected chi connectivity index (χ3v) is 2.07. The fourth-order valence-corrected chi connectivity index (χ4v) is 1.38. The topological polar surface area (TPSA) is 90.1 Å². The summed E-state index contributed by atoms with van der Waals surface area (Å²) in [6, 6.07) is 1.79. The van der Waals surface area contributed by atoms with Crippen molar-refractivity contribution in [2.45, 2.75) is 39.7 Å². The summed E-state index contributed by atoms with van der Waals surface area (Å²) in [5, 5.41) is 3.04. The third kappa shape index (κ3) is 5.47. The second kappa shape index (κ2) is 6.78. The number of primary amides is 1. The number of nitrogens with one attached hydrogen (secondary N) is 1. The summed E-state index contributed by atoms with van der Waals surface area (Å²) in [7, 11) is 0. The van der Waals surface area contributed by atoms with Crippen molar-refractivity contribution in [3.63, 3.8) is 0 Å². The van der Waals surface area contributed by atoms with E-state index in [2.05, 4.69) is 15.3 Å². The molecule has 0 bridgehead atoms. The van der Waals surface area contributed by atoms with Gasteiger partial charge in [-0.1, -0.05) is 0 Å². The van der Waals surface area contributed by atoms with Gasteiger partial charge in [-0.3, -0.25) is 4.79 Å². The number of hydrogen-bond acceptors (Lipinski definition) is 5. The first kappa shape index (κ1) is 14.2. The Morgan fingerprint density at radius 1 is 1.50 bits per heavy atom. The minimum Gasteiger partial charge on any atom is -0.475 e. The van der Waals surface area contributed by atoms with Crippen molar-refractivity contribution in [1.82, 2.24) is 9.97 Å². The Kier molecular flexibility index (Phi) is 5.35. The van der Waals surface area contributed by atoms with Crippen LogP contribution in [-0.2, 0) is 4.79 Å². The zero-order chi connectivity index (χ0) is 13.5. The lowest BCUT2D eigenvalue weighted by molar-refractivity contribution is -0.118. The quantitative estimate of drug-likeness (QED) is 0.713. The van der Waals surface area contributed by atoms with E-state index in [0.29, 0.717) is 31.2 Å². The number of nitrogens with two attached hydrogens (primary N) is 1. The van der Waals surface area contributed by atoms with Gasteiger partial charge in [-0.15, -0.1) is 0 Å². The average molecular weight is 252 g/mol. The van der Waals surface area contributed by atoms with E-state index in [1.165, 1.54) is 0 Å². The van der Waals surface area contributed by atoms with E-state index in [9.17, 15) is 4.79 Å². The van der Waals surface area contributed by atoms with Crippen LogP contribution < -0.4 is 15.8 Å². The predicted molar refractivity (Wildman–Crippen MR) is 69.5 cm³/mol. The van der Waals surface area contributed by atoms with Gasteiger partial charge in [-0.25, -0.2) is 4.98 Å². The van der Waals surface area contributed by atoms with Gasteiger partial charge in [0.2, 0.25) is 17.7 Å². The molecule has 0 spiro atoms. The van der Waals surface area contributed by atoms with E-state index in [-0.39, 0.29) is 12.0 Å². The summed E-state index contributed by atoms with van der Waals surface area (Å²) in [6.45, 7) is 6.37. The number of aromatic nitrogens is 2. The summed E-state index contributed by atoms with van der Waals surface area (Å²) in [6.07, 6.45) is 1.09. The molecule has 0 unspecified atom stereocenters. The van der Waals surface area contributed by atoms with Gasteiger partial charge in [0.15, 0.2) is 0 Å². The Bertz CT molecular complexity index is 407. The molecule has 100 valence electrons. The monoisotopic (exact) mass is 252 g/mol. The summed E-state index contributed by atoms with van der Waals surface area (Å²) in [4.78, 5) is 19.1. The molecule has 1 heterocycles. The Hall–Kier alpha value is -1.85. The second-order valence-corrected chi connectivity index (χ2v) is 4.33. The molecule has 1 aromatic heterocycles. The minimum absolute atomic E-state index is 0.0713. The van der Waals surface area contributed by atoms with E-state index in [1.54, 1.807) is 6.07 Å². The number of ether oxygens (including phenoxy) is 1. The van der Waals surface area contributed by atoms with Crippen molar-refractivity contribution in [3.8, 4) is 5.88 Å². The van der Waals surface area contributed by atoms with Gasteiger partial charge >= 0.3 is 0 Å². The highest BCUT2D eigenvalue weighted by molar-refractivity contribution is 5.73. The molecular weight excluding hydrogens is 232 g/mol. The summed E-state index contributed by atoms with van der Waals surface area (Å²) in [5.74, 6) is 0.760. The normalized spacial score (nSPS) is 10.4. The zero-order valence-corrected chi connectivity index (χ0v) is 11.1. The molecule has 0 aliphatic rings. The lowest BCUT2D eigenvalue weighted by Crippen LogP contribution is -2.14. The van der Waals surface area contributed by atoms with Crippen molar-refractivity contribution < 1.29 is 9.53 Å². The third-order valence-electron chi connectivity index (χ3n) is 2.07. The highest BCUT2D eigenvalue weighted by Crippen LogP contribution is 2.13. The molecule has 0 saturated heterocycles. The van der Waals surface area contributed by atoms with E-state index in [4.69, 9.17) is 10.5 Å². The number of anilines is 1. The van der Waals surface area contributed by atoms with E-state index in [0.717, 1.165) is 5.69 Å². The van der Waals surface area contributed by atoms with Gasteiger partial charge in [-0.2, -0.15) is 4.98 Å². The Morgan fingerprint density at radius 2 is 2.22 bits per heavy atom. The van der Waals surface area contributed by atoms with Gasteiger partial charge in [0.25, 0.3) is 0 Å². The van der Waals surface area contributed by atoms with Crippen LogP contribution in [0.3, 0.4) is 0 Å². The molecule has 0 radical (unpaired) electrons. The Morgan fingerprint density at radius 3 is 2.83 bits per heavy atom. The highest BCUT2D eigenvalue weighted by Gasteiger charge is 2.04. The van der Waals surface area contributed by atoms with Crippen LogP contribution >= 0.6 is 0 Å². The highest BCUT2D eigenvalue weighted by atomic mass is 16.5. The molecule has 1 amide bonds. The summed E-state index contributed by atoms with van der Waals surface area (Å²) < 4.78 is 5.51. The first-order chi connectivity index (χ1) is 8.47. The first-order valence-electron chi connectivity index (χ1n) is 6.02. The van der Waals surface area contributed by atoms with Crippen molar-refractivity contribution in [1.29, 1.82) is 0 Å². The Labute approximate surface area is 107 Å². The molecular formula is C12H20N4O2. The maximum atomic E-state index is 10.6. The van der Waals surface area contributed by atoms with Crippen LogP contribution in [0.5, 0.6) is 5.88 Å². The number of rotatable bonds is 7. The first-order valence-corrected chi connectivity index (χ1v) is 6.02. The number of amides is 1. The fourth-order valence-electron chi connectivity index (χ4n) is 1.38. The summed E-state index contributed by atoms with van der Waals surface area (Å²) >= 11 is 0. The molecule has 1 rings (SSSR count). The van der Waals surface area contributed by atoms with Crippen LogP contribution in [0.25, 0.3) is 0 Å². The van der Waals surface area contributed by atoms with Gasteiger partial charge in [0.05, 0.1) is 6.10 Å². The van der Waals surface area contributed by atoms with Gasteiger partial charge in [0, 0.05) is 24.7 Å². The molecule has 18 heavy (non-hydrogen) atoms. The van der Waals surface area contributed by atoms with E-state index >= 15 is 0 Å². The summed E-state index contributed by atoms with van der Waals surface area (Å²) in [5.41, 5.74) is 5.89. The molecule has 3 N–H and O–H groups in total. The van der Waals surface area contributed by atoms with Gasteiger partial charge in [-0.05, 0) is 27.2 Å². The lowest BCUT2D eigenvalue weighted by atomic mass is 10.3. The molecule has 0 atom stereocenters. The Balaban J connectivity index is 2.54. The van der Waals surface area contributed by atoms with Gasteiger partial charge < -0.3 is 15.8 Å². The maximum Gasteiger partial charge on any atom is 0.226 e. The van der Waals surface area contributed by atoms with Crippen molar-refractivity contribution in [2.75, 3.05) is 11.9 Å². The van der Waals surface area contributed by atoms with Crippen LogP contribution in [0.1, 0.15) is 32.4 Å². The van der Waals surface area contributed by atoms with E-state index in [1.807, 2.05) is 20.8 Å². The fraction of sp³-hybridized carbons (Fsp3) is 0.583. The number of aryl methyl sites for hydroxylation is 1. The van der Waals surface area contributed by atoms with Crippen molar-refractivity contribution >= 4 is 11.9 Å². The SMILES string of the molecule is Cc1cc(OC(C)C)nc(NCCCC(N)=O)n1.